The monoisotopic (exact) mass is 289 g/mol. The fraction of sp³-hybridized carbons (Fsp3) is 0.438. The zero-order valence-electron chi connectivity index (χ0n) is 12.9. The Hall–Kier alpha value is -2.01. The van der Waals surface area contributed by atoms with Crippen LogP contribution in [0.25, 0.3) is 0 Å². The molecule has 0 amide bonds. The van der Waals surface area contributed by atoms with Crippen LogP contribution in [0.5, 0.6) is 11.5 Å². The standard InChI is InChI=1S/C16H23N3O2/c1-12-16(13(2)19(3)18-12)21-10-4-9-20-15-7-5-14(11-17)6-8-15/h5-8H,4,9-11,17H2,1-3H3. The molecule has 0 unspecified atom stereocenters. The molecule has 0 spiro atoms. The highest BCUT2D eigenvalue weighted by atomic mass is 16.5. The summed E-state index contributed by atoms with van der Waals surface area (Å²) < 4.78 is 13.3. The Morgan fingerprint density at radius 3 is 2.33 bits per heavy atom. The number of aromatic nitrogens is 2. The maximum Gasteiger partial charge on any atom is 0.162 e. The van der Waals surface area contributed by atoms with Gasteiger partial charge in [0.05, 0.1) is 18.9 Å². The summed E-state index contributed by atoms with van der Waals surface area (Å²) in [6, 6.07) is 7.85. The Morgan fingerprint density at radius 1 is 1.10 bits per heavy atom. The second-order valence-corrected chi connectivity index (χ2v) is 5.02. The lowest BCUT2D eigenvalue weighted by molar-refractivity contribution is 0.245. The predicted octanol–water partition coefficient (Wildman–Crippen LogP) is 2.34. The van der Waals surface area contributed by atoms with E-state index >= 15 is 0 Å². The Kier molecular flexibility index (Phi) is 5.22. The van der Waals surface area contributed by atoms with Gasteiger partial charge in [-0.05, 0) is 31.5 Å². The SMILES string of the molecule is Cc1nn(C)c(C)c1OCCCOc1ccc(CN)cc1. The molecule has 114 valence electrons. The number of aryl methyl sites for hydroxylation is 2. The largest absolute Gasteiger partial charge is 0.493 e. The van der Waals surface area contributed by atoms with Gasteiger partial charge >= 0.3 is 0 Å². The fourth-order valence-corrected chi connectivity index (χ4v) is 2.11. The number of nitrogens with zero attached hydrogens (tertiary/aromatic N) is 2. The minimum Gasteiger partial charge on any atom is -0.493 e. The van der Waals surface area contributed by atoms with Gasteiger partial charge < -0.3 is 15.2 Å². The normalized spacial score (nSPS) is 10.7. The molecule has 5 nitrogen and oxygen atoms in total. The summed E-state index contributed by atoms with van der Waals surface area (Å²) in [6.45, 7) is 5.76. The number of rotatable bonds is 7. The van der Waals surface area contributed by atoms with Crippen molar-refractivity contribution in [3.63, 3.8) is 0 Å². The predicted molar refractivity (Wildman–Crippen MR) is 82.6 cm³/mol. The van der Waals surface area contributed by atoms with Crippen LogP contribution < -0.4 is 15.2 Å². The average molecular weight is 289 g/mol. The van der Waals surface area contributed by atoms with Crippen LogP contribution in [0.4, 0.5) is 0 Å². The van der Waals surface area contributed by atoms with Crippen LogP contribution in [0.15, 0.2) is 24.3 Å². The van der Waals surface area contributed by atoms with E-state index in [2.05, 4.69) is 5.10 Å². The summed E-state index contributed by atoms with van der Waals surface area (Å²) in [4.78, 5) is 0. The third kappa shape index (κ3) is 3.98. The molecular formula is C16H23N3O2. The molecule has 2 aromatic rings. The molecule has 0 aliphatic heterocycles. The van der Waals surface area contributed by atoms with Crippen molar-refractivity contribution in [2.75, 3.05) is 13.2 Å². The first kappa shape index (κ1) is 15.4. The van der Waals surface area contributed by atoms with E-state index in [-0.39, 0.29) is 0 Å². The summed E-state index contributed by atoms with van der Waals surface area (Å²) in [6.07, 6.45) is 0.826. The highest BCUT2D eigenvalue weighted by molar-refractivity contribution is 5.31. The van der Waals surface area contributed by atoms with Crippen molar-refractivity contribution >= 4 is 0 Å². The summed E-state index contributed by atoms with van der Waals surface area (Å²) in [7, 11) is 1.92. The van der Waals surface area contributed by atoms with E-state index in [1.807, 2.05) is 49.8 Å². The van der Waals surface area contributed by atoms with Crippen LogP contribution in [0.3, 0.4) is 0 Å². The van der Waals surface area contributed by atoms with Crippen LogP contribution in [0.2, 0.25) is 0 Å². The molecule has 5 heteroatoms. The van der Waals surface area contributed by atoms with Crippen molar-refractivity contribution in [3.05, 3.63) is 41.2 Å². The maximum absolute atomic E-state index is 5.78. The van der Waals surface area contributed by atoms with Gasteiger partial charge in [-0.15, -0.1) is 0 Å². The molecule has 0 radical (unpaired) electrons. The van der Waals surface area contributed by atoms with Gasteiger partial charge in [-0.2, -0.15) is 5.10 Å². The van der Waals surface area contributed by atoms with Gasteiger partial charge in [0.2, 0.25) is 0 Å². The van der Waals surface area contributed by atoms with Crippen molar-refractivity contribution in [1.29, 1.82) is 0 Å². The minimum absolute atomic E-state index is 0.554. The second-order valence-electron chi connectivity index (χ2n) is 5.02. The molecule has 0 atom stereocenters. The van der Waals surface area contributed by atoms with E-state index in [0.717, 1.165) is 34.9 Å². The zero-order chi connectivity index (χ0) is 15.2. The van der Waals surface area contributed by atoms with Crippen molar-refractivity contribution in [2.24, 2.45) is 12.8 Å². The van der Waals surface area contributed by atoms with Crippen molar-refractivity contribution in [1.82, 2.24) is 9.78 Å². The minimum atomic E-state index is 0.554. The van der Waals surface area contributed by atoms with Gasteiger partial charge in [0.15, 0.2) is 5.75 Å². The average Bonchev–Trinajstić information content (AvgIpc) is 2.73. The third-order valence-electron chi connectivity index (χ3n) is 3.41. The molecule has 2 rings (SSSR count). The first-order valence-electron chi connectivity index (χ1n) is 7.16. The molecule has 21 heavy (non-hydrogen) atoms. The van der Waals surface area contributed by atoms with E-state index in [1.165, 1.54) is 0 Å². The Bertz CT molecular complexity index is 576. The van der Waals surface area contributed by atoms with Crippen molar-refractivity contribution in [3.8, 4) is 11.5 Å². The van der Waals surface area contributed by atoms with Crippen LogP contribution in [-0.2, 0) is 13.6 Å². The highest BCUT2D eigenvalue weighted by Gasteiger charge is 2.09. The van der Waals surface area contributed by atoms with Crippen LogP contribution in [0, 0.1) is 13.8 Å². The van der Waals surface area contributed by atoms with Crippen molar-refractivity contribution in [2.45, 2.75) is 26.8 Å². The highest BCUT2D eigenvalue weighted by Crippen LogP contribution is 2.21. The quantitative estimate of drug-likeness (QED) is 0.795. The number of hydrogen-bond acceptors (Lipinski definition) is 4. The molecule has 0 aliphatic carbocycles. The van der Waals surface area contributed by atoms with Crippen LogP contribution in [-0.4, -0.2) is 23.0 Å². The zero-order valence-corrected chi connectivity index (χ0v) is 12.9. The number of benzene rings is 1. The van der Waals surface area contributed by atoms with E-state index in [0.29, 0.717) is 19.8 Å². The molecule has 0 saturated heterocycles. The van der Waals surface area contributed by atoms with E-state index in [4.69, 9.17) is 15.2 Å². The first-order chi connectivity index (χ1) is 10.1. The number of ether oxygens (including phenoxy) is 2. The fourth-order valence-electron chi connectivity index (χ4n) is 2.11. The number of hydrogen-bond donors (Lipinski definition) is 1. The molecule has 0 fully saturated rings. The summed E-state index contributed by atoms with van der Waals surface area (Å²) in [5, 5.41) is 4.32. The maximum atomic E-state index is 5.78. The third-order valence-corrected chi connectivity index (χ3v) is 3.41. The smallest absolute Gasteiger partial charge is 0.162 e. The molecule has 1 aromatic carbocycles. The first-order valence-corrected chi connectivity index (χ1v) is 7.16. The molecule has 1 heterocycles. The van der Waals surface area contributed by atoms with Gasteiger partial charge in [-0.25, -0.2) is 0 Å². The number of nitrogens with two attached hydrogens (primary N) is 1. The van der Waals surface area contributed by atoms with Gasteiger partial charge in [0.1, 0.15) is 11.4 Å². The summed E-state index contributed by atoms with van der Waals surface area (Å²) in [5.41, 5.74) is 8.63. The van der Waals surface area contributed by atoms with E-state index in [9.17, 15) is 0 Å². The van der Waals surface area contributed by atoms with Crippen molar-refractivity contribution < 1.29 is 9.47 Å². The topological polar surface area (TPSA) is 62.3 Å². The molecule has 0 aliphatic rings. The Balaban J connectivity index is 1.72. The molecule has 2 N–H and O–H groups in total. The molecule has 0 saturated carbocycles. The van der Waals surface area contributed by atoms with Crippen LogP contribution in [0.1, 0.15) is 23.4 Å². The molecule has 0 bridgehead atoms. The Morgan fingerprint density at radius 2 is 1.76 bits per heavy atom. The lowest BCUT2D eigenvalue weighted by Gasteiger charge is -2.08. The van der Waals surface area contributed by atoms with Gasteiger partial charge in [0, 0.05) is 20.0 Å². The summed E-state index contributed by atoms with van der Waals surface area (Å²) >= 11 is 0. The van der Waals surface area contributed by atoms with E-state index in [1.54, 1.807) is 0 Å². The molecular weight excluding hydrogens is 266 g/mol. The summed E-state index contributed by atoms with van der Waals surface area (Å²) in [5.74, 6) is 1.74. The van der Waals surface area contributed by atoms with E-state index < -0.39 is 0 Å². The van der Waals surface area contributed by atoms with Gasteiger partial charge in [-0.3, -0.25) is 4.68 Å². The molecule has 1 aromatic heterocycles. The second kappa shape index (κ2) is 7.13. The van der Waals surface area contributed by atoms with Gasteiger partial charge in [-0.1, -0.05) is 12.1 Å². The Labute approximate surface area is 125 Å². The van der Waals surface area contributed by atoms with Crippen LogP contribution >= 0.6 is 0 Å². The van der Waals surface area contributed by atoms with Gasteiger partial charge in [0.25, 0.3) is 0 Å². The lowest BCUT2D eigenvalue weighted by Crippen LogP contribution is -2.06. The lowest BCUT2D eigenvalue weighted by atomic mass is 10.2.